The molecule has 0 amide bonds. The largest absolute Gasteiger partial charge is 0.481 e. The molecule has 2 radical (unpaired) electrons. The molecule has 0 aromatic carbocycles. The van der Waals surface area contributed by atoms with E-state index in [9.17, 15) is 38.8 Å². The molecule has 1 unspecified atom stereocenters. The fraction of sp³-hybridized carbons (Fsp3) is 0.538. The molecule has 0 aliphatic carbocycles. The number of nitrogens with one attached hydrogen (secondary N) is 1. The van der Waals surface area contributed by atoms with Gasteiger partial charge in [0.1, 0.15) is 24.5 Å². The van der Waals surface area contributed by atoms with Crippen LogP contribution in [0.3, 0.4) is 0 Å². The van der Waals surface area contributed by atoms with E-state index in [4.69, 9.17) is 9.84 Å². The van der Waals surface area contributed by atoms with Crippen molar-refractivity contribution >= 4 is 78.5 Å². The molecule has 0 bridgehead atoms. The molecule has 29 heavy (non-hydrogen) atoms. The minimum atomic E-state index is -4.51. The van der Waals surface area contributed by atoms with Crippen molar-refractivity contribution in [2.45, 2.75) is 31.5 Å². The molecule has 0 saturated carbocycles. The number of carbonyl (C=O) groups excluding carboxylic acids is 1. The minimum absolute atomic E-state index is 0. The third kappa shape index (κ3) is 7.20. The minimum Gasteiger partial charge on any atom is -0.481 e. The van der Waals surface area contributed by atoms with Crippen molar-refractivity contribution in [3.8, 4) is 0 Å². The smallest absolute Gasteiger partial charge is 0.339 e. The number of nitrogens with zero attached hydrogens (tertiary/aromatic N) is 1. The van der Waals surface area contributed by atoms with Crippen molar-refractivity contribution in [3.63, 3.8) is 0 Å². The Hall–Kier alpha value is -0.150. The van der Waals surface area contributed by atoms with Crippen LogP contribution in [-0.2, 0) is 18.6 Å². The third-order valence-corrected chi connectivity index (χ3v) is 4.96. The van der Waals surface area contributed by atoms with Crippen LogP contribution in [0.4, 0.5) is 0 Å². The Bertz CT molecular complexity index is 917. The van der Waals surface area contributed by atoms with Crippen LogP contribution in [0.5, 0.6) is 0 Å². The molecule has 16 heteroatoms. The summed E-state index contributed by atoms with van der Waals surface area (Å²) in [5, 5.41) is 28.6. The predicted molar refractivity (Wildman–Crippen MR) is 97.0 cm³/mol. The first-order valence-corrected chi connectivity index (χ1v) is 9.25. The molecule has 1 aliphatic rings. The SMILES string of the molecule is CC(=O)c1cn([C@@H]2O[C@H](COP(=O)(O)CC(=O)O)[C@@H](O)[C@@H]2O)c(=O)[nH]c1=O.[Na].[Na]. The number of aliphatic hydroxyl groups is 2. The van der Waals surface area contributed by atoms with Gasteiger partial charge in [-0.25, -0.2) is 4.79 Å². The normalized spacial score (nSPS) is 25.4. The molecule has 13 nitrogen and oxygen atoms in total. The fourth-order valence-corrected chi connectivity index (χ4v) is 3.24. The van der Waals surface area contributed by atoms with E-state index in [0.717, 1.165) is 13.1 Å². The molecule has 0 spiro atoms. The second-order valence-corrected chi connectivity index (χ2v) is 7.65. The van der Waals surface area contributed by atoms with Crippen molar-refractivity contribution in [2.75, 3.05) is 12.8 Å². The Kier molecular flexibility index (Phi) is 11.4. The number of rotatable bonds is 7. The van der Waals surface area contributed by atoms with Crippen molar-refractivity contribution in [3.05, 3.63) is 32.6 Å². The molecule has 1 aliphatic heterocycles. The van der Waals surface area contributed by atoms with Gasteiger partial charge in [-0.05, 0) is 6.92 Å². The van der Waals surface area contributed by atoms with Crippen molar-refractivity contribution in [1.29, 1.82) is 0 Å². The van der Waals surface area contributed by atoms with E-state index >= 15 is 0 Å². The number of aliphatic carboxylic acids is 1. The summed E-state index contributed by atoms with van der Waals surface area (Å²) in [6.45, 7) is 0.325. The average molecular weight is 454 g/mol. The van der Waals surface area contributed by atoms with Gasteiger partial charge in [-0.2, -0.15) is 0 Å². The van der Waals surface area contributed by atoms with Crippen LogP contribution >= 0.6 is 7.60 Å². The van der Waals surface area contributed by atoms with E-state index < -0.39 is 67.9 Å². The van der Waals surface area contributed by atoms with Gasteiger partial charge in [-0.3, -0.25) is 28.5 Å². The summed E-state index contributed by atoms with van der Waals surface area (Å²) in [7, 11) is -4.51. The van der Waals surface area contributed by atoms with Crippen LogP contribution in [0.15, 0.2) is 15.8 Å². The number of ether oxygens (including phenoxy) is 1. The summed E-state index contributed by atoms with van der Waals surface area (Å²) in [5.41, 5.74) is -2.35. The van der Waals surface area contributed by atoms with E-state index in [1.165, 1.54) is 0 Å². The van der Waals surface area contributed by atoms with Crippen LogP contribution in [0.2, 0.25) is 0 Å². The van der Waals surface area contributed by atoms with E-state index in [-0.39, 0.29) is 64.7 Å². The van der Waals surface area contributed by atoms with Gasteiger partial charge in [0, 0.05) is 65.3 Å². The number of H-pyrrole nitrogens is 1. The van der Waals surface area contributed by atoms with Crippen LogP contribution in [0.1, 0.15) is 23.5 Å². The first kappa shape index (κ1) is 28.9. The molecule has 1 saturated heterocycles. The molecule has 1 fully saturated rings. The van der Waals surface area contributed by atoms with E-state index in [1.807, 2.05) is 4.98 Å². The zero-order valence-electron chi connectivity index (χ0n) is 15.8. The first-order valence-electron chi connectivity index (χ1n) is 7.49. The first-order chi connectivity index (χ1) is 12.4. The maximum Gasteiger partial charge on any atom is 0.339 e. The summed E-state index contributed by atoms with van der Waals surface area (Å²) in [4.78, 5) is 56.7. The Balaban J connectivity index is 0.00000392. The molecule has 2 heterocycles. The second kappa shape index (κ2) is 11.5. The summed E-state index contributed by atoms with van der Waals surface area (Å²) in [6.07, 6.45) is -6.62. The molecule has 2 rings (SSSR count). The number of aromatic amines is 1. The van der Waals surface area contributed by atoms with Crippen LogP contribution in [0.25, 0.3) is 0 Å². The van der Waals surface area contributed by atoms with Crippen molar-refractivity contribution < 1.29 is 43.6 Å². The summed E-state index contributed by atoms with van der Waals surface area (Å²) < 4.78 is 22.1. The Morgan fingerprint density at radius 1 is 1.28 bits per heavy atom. The van der Waals surface area contributed by atoms with E-state index in [0.29, 0.717) is 4.57 Å². The molecular weight excluding hydrogens is 437 g/mol. The van der Waals surface area contributed by atoms with E-state index in [1.54, 1.807) is 0 Å². The standard InChI is InChI=1S/C13H17N2O11P.2Na/c1-5(16)6-2-15(13(22)14-11(6)21)12-10(20)9(19)7(26-12)3-25-27(23,24)4-8(17)18;;/h2,7,9-10,12,19-20H,3-4H2,1H3,(H,17,18)(H,23,24)(H,14,21,22);;/t7-,9-,10+,12-;;/m1../s1. The van der Waals surface area contributed by atoms with Gasteiger partial charge in [0.25, 0.3) is 5.56 Å². The number of carbonyl (C=O) groups is 2. The van der Waals surface area contributed by atoms with Gasteiger partial charge in [0.2, 0.25) is 0 Å². The molecule has 1 aromatic rings. The van der Waals surface area contributed by atoms with Crippen molar-refractivity contribution in [2.24, 2.45) is 0 Å². The Labute approximate surface area is 207 Å². The number of aromatic nitrogens is 2. The number of Topliss-reactive ketones (excluding diaryl/α,β-unsaturated/α-hetero) is 1. The molecule has 1 aromatic heterocycles. The average Bonchev–Trinajstić information content (AvgIpc) is 2.80. The van der Waals surface area contributed by atoms with Gasteiger partial charge < -0.3 is 29.5 Å². The van der Waals surface area contributed by atoms with Gasteiger partial charge in [-0.15, -0.1) is 0 Å². The third-order valence-electron chi connectivity index (χ3n) is 3.73. The molecule has 5 atom stereocenters. The quantitative estimate of drug-likeness (QED) is 0.158. The van der Waals surface area contributed by atoms with Crippen LogP contribution in [-0.4, -0.2) is 132 Å². The predicted octanol–water partition coefficient (Wildman–Crippen LogP) is -3.12. The zero-order chi connectivity index (χ0) is 20.5. The molecule has 5 N–H and O–H groups in total. The summed E-state index contributed by atoms with van der Waals surface area (Å²) in [5.74, 6) is -2.24. The maximum atomic E-state index is 11.9. The number of ketones is 1. The monoisotopic (exact) mass is 454 g/mol. The van der Waals surface area contributed by atoms with E-state index in [2.05, 4.69) is 4.52 Å². The zero-order valence-corrected chi connectivity index (χ0v) is 20.7. The van der Waals surface area contributed by atoms with Gasteiger partial charge in [0.15, 0.2) is 12.0 Å². The van der Waals surface area contributed by atoms with Gasteiger partial charge in [-0.1, -0.05) is 0 Å². The number of carboxylic acid groups (broad SMARTS) is 1. The number of hydrogen-bond acceptors (Lipinski definition) is 9. The summed E-state index contributed by atoms with van der Waals surface area (Å²) in [6, 6.07) is 0. The van der Waals surface area contributed by atoms with Gasteiger partial charge >= 0.3 is 19.3 Å². The maximum absolute atomic E-state index is 11.9. The van der Waals surface area contributed by atoms with Crippen LogP contribution < -0.4 is 11.2 Å². The number of aliphatic hydroxyl groups excluding tert-OH is 2. The molecule has 152 valence electrons. The van der Waals surface area contributed by atoms with Crippen LogP contribution in [0, 0.1) is 0 Å². The summed E-state index contributed by atoms with van der Waals surface area (Å²) >= 11 is 0. The number of carboxylic acids is 1. The molecular formula is C13H17N2Na2O11P. The van der Waals surface area contributed by atoms with Crippen molar-refractivity contribution in [1.82, 2.24) is 9.55 Å². The fourth-order valence-electron chi connectivity index (χ4n) is 2.43. The Morgan fingerprint density at radius 3 is 2.38 bits per heavy atom. The topological polar surface area (TPSA) is 205 Å². The Morgan fingerprint density at radius 2 is 1.86 bits per heavy atom. The number of hydrogen-bond donors (Lipinski definition) is 5. The second-order valence-electron chi connectivity index (χ2n) is 5.80. The van der Waals surface area contributed by atoms with Gasteiger partial charge in [0.05, 0.1) is 12.2 Å².